The second kappa shape index (κ2) is 12.6. The van der Waals surface area contributed by atoms with Gasteiger partial charge in [-0.05, 0) is 53.9 Å². The first-order valence-electron chi connectivity index (χ1n) is 10.8. The Morgan fingerprint density at radius 1 is 0.971 bits per heavy atom. The molecule has 0 saturated heterocycles. The van der Waals surface area contributed by atoms with Crippen LogP contribution in [0.15, 0.2) is 71.8 Å². The van der Waals surface area contributed by atoms with Crippen molar-refractivity contribution in [2.45, 2.75) is 26.5 Å². The summed E-state index contributed by atoms with van der Waals surface area (Å²) >= 11 is 17.8. The minimum absolute atomic E-state index is 0.188. The number of nitrogens with zero attached hydrogens (tertiary/aromatic N) is 1. The summed E-state index contributed by atoms with van der Waals surface area (Å²) in [5, 5.41) is 8.04. The van der Waals surface area contributed by atoms with E-state index in [-0.39, 0.29) is 10.9 Å². The first kappa shape index (κ1) is 26.5. The van der Waals surface area contributed by atoms with Crippen LogP contribution >= 0.6 is 34.8 Å². The van der Waals surface area contributed by atoms with E-state index in [4.69, 9.17) is 39.5 Å². The highest BCUT2D eigenvalue weighted by atomic mass is 35.5. The normalized spacial score (nSPS) is 11.9. The molecule has 0 bridgehead atoms. The Morgan fingerprint density at radius 3 is 2.37 bits per heavy atom. The van der Waals surface area contributed by atoms with Gasteiger partial charge in [0.1, 0.15) is 18.4 Å². The molecule has 2 N–H and O–H groups in total. The van der Waals surface area contributed by atoms with Gasteiger partial charge in [-0.15, -0.1) is 0 Å². The zero-order chi connectivity index (χ0) is 25.4. The molecule has 2 amide bonds. The number of rotatable bonds is 9. The number of benzene rings is 3. The molecule has 3 aromatic rings. The highest BCUT2D eigenvalue weighted by Gasteiger charge is 2.24. The van der Waals surface area contributed by atoms with E-state index >= 15 is 0 Å². The first-order valence-corrected chi connectivity index (χ1v) is 11.9. The zero-order valence-electron chi connectivity index (χ0n) is 19.1. The Balaban J connectivity index is 1.63. The molecule has 182 valence electrons. The fraction of sp³-hybridized carbons (Fsp3) is 0.192. The smallest absolute Gasteiger partial charge is 0.262 e. The van der Waals surface area contributed by atoms with Gasteiger partial charge in [0.25, 0.3) is 11.8 Å². The van der Waals surface area contributed by atoms with E-state index in [9.17, 15) is 9.59 Å². The maximum absolute atomic E-state index is 12.8. The number of amides is 2. The Kier molecular flexibility index (Phi) is 9.55. The quantitative estimate of drug-likeness (QED) is 0.257. The summed E-state index contributed by atoms with van der Waals surface area (Å²) in [5.74, 6) is -0.479. The van der Waals surface area contributed by atoms with Gasteiger partial charge in [0.2, 0.25) is 0 Å². The van der Waals surface area contributed by atoms with Crippen LogP contribution in [0, 0.1) is 5.92 Å². The van der Waals surface area contributed by atoms with E-state index in [0.717, 1.165) is 5.56 Å². The lowest BCUT2D eigenvalue weighted by atomic mass is 10.0. The molecule has 1 unspecified atom stereocenters. The topological polar surface area (TPSA) is 79.8 Å². The van der Waals surface area contributed by atoms with Crippen LogP contribution in [0.5, 0.6) is 5.75 Å². The van der Waals surface area contributed by atoms with Crippen molar-refractivity contribution in [3.8, 4) is 5.75 Å². The fourth-order valence-corrected chi connectivity index (χ4v) is 3.52. The van der Waals surface area contributed by atoms with Gasteiger partial charge in [-0.3, -0.25) is 9.59 Å². The maximum atomic E-state index is 12.8. The van der Waals surface area contributed by atoms with E-state index in [2.05, 4.69) is 15.8 Å². The van der Waals surface area contributed by atoms with Crippen LogP contribution in [0.3, 0.4) is 0 Å². The molecule has 0 saturated carbocycles. The number of halogens is 3. The lowest BCUT2D eigenvalue weighted by Gasteiger charge is -2.20. The van der Waals surface area contributed by atoms with E-state index in [1.807, 2.05) is 50.2 Å². The summed E-state index contributed by atoms with van der Waals surface area (Å²) in [6.07, 6.45) is 1.49. The second-order valence-corrected chi connectivity index (χ2v) is 9.26. The van der Waals surface area contributed by atoms with Crippen molar-refractivity contribution < 1.29 is 14.3 Å². The van der Waals surface area contributed by atoms with Gasteiger partial charge < -0.3 is 10.1 Å². The standard InChI is InChI=1S/C26H24Cl3N3O3/c1-16(2)24(31-25(33)18-9-12-21(28)22(29)13-18)26(34)32-30-14-19-5-3-4-6-23(19)35-15-17-7-10-20(27)11-8-17/h3-14,16,24H,15H2,1-2H3,(H,31,33)(H,32,34)/b30-14+. The molecular formula is C26H24Cl3N3O3. The molecule has 0 fully saturated rings. The van der Waals surface area contributed by atoms with Crippen LogP contribution in [-0.2, 0) is 11.4 Å². The van der Waals surface area contributed by atoms with E-state index in [1.54, 1.807) is 12.1 Å². The van der Waals surface area contributed by atoms with Crippen LogP contribution in [0.4, 0.5) is 0 Å². The fourth-order valence-electron chi connectivity index (χ4n) is 3.09. The molecule has 1 atom stereocenters. The molecule has 0 aliphatic heterocycles. The summed E-state index contributed by atoms with van der Waals surface area (Å²) in [7, 11) is 0. The molecule has 0 aromatic heterocycles. The number of para-hydroxylation sites is 1. The monoisotopic (exact) mass is 531 g/mol. The highest BCUT2D eigenvalue weighted by Crippen LogP contribution is 2.23. The van der Waals surface area contributed by atoms with Gasteiger partial charge >= 0.3 is 0 Å². The van der Waals surface area contributed by atoms with Crippen LogP contribution in [-0.4, -0.2) is 24.1 Å². The average Bonchev–Trinajstić information content (AvgIpc) is 2.84. The number of nitrogens with one attached hydrogen (secondary N) is 2. The van der Waals surface area contributed by atoms with Crippen molar-refractivity contribution in [1.82, 2.24) is 10.7 Å². The molecule has 0 heterocycles. The van der Waals surface area contributed by atoms with Crippen LogP contribution in [0.2, 0.25) is 15.1 Å². The average molecular weight is 533 g/mol. The third kappa shape index (κ3) is 7.72. The number of carbonyl (C=O) groups excluding carboxylic acids is 2. The van der Waals surface area contributed by atoms with Gasteiger partial charge in [-0.1, -0.05) is 72.9 Å². The number of ether oxygens (including phenoxy) is 1. The van der Waals surface area contributed by atoms with E-state index < -0.39 is 17.9 Å². The molecule has 0 spiro atoms. The lowest BCUT2D eigenvalue weighted by Crippen LogP contribution is -2.48. The van der Waals surface area contributed by atoms with E-state index in [0.29, 0.717) is 33.5 Å². The molecule has 6 nitrogen and oxygen atoms in total. The van der Waals surface area contributed by atoms with E-state index in [1.165, 1.54) is 24.4 Å². The van der Waals surface area contributed by atoms with Crippen LogP contribution < -0.4 is 15.5 Å². The number of carbonyl (C=O) groups is 2. The second-order valence-electron chi connectivity index (χ2n) is 8.01. The summed E-state index contributed by atoms with van der Waals surface area (Å²) in [6, 6.07) is 18.4. The summed E-state index contributed by atoms with van der Waals surface area (Å²) < 4.78 is 5.90. The SMILES string of the molecule is CC(C)C(NC(=O)c1ccc(Cl)c(Cl)c1)C(=O)N/N=C/c1ccccc1OCc1ccc(Cl)cc1. The zero-order valence-corrected chi connectivity index (χ0v) is 21.4. The Bertz CT molecular complexity index is 1210. The third-order valence-corrected chi connectivity index (χ3v) is 6.01. The Labute approximate surface area is 219 Å². The van der Waals surface area contributed by atoms with Crippen LogP contribution in [0.25, 0.3) is 0 Å². The summed E-state index contributed by atoms with van der Waals surface area (Å²) in [4.78, 5) is 25.4. The minimum Gasteiger partial charge on any atom is -0.488 e. The van der Waals surface area contributed by atoms with Crippen LogP contribution in [0.1, 0.15) is 35.3 Å². The largest absolute Gasteiger partial charge is 0.488 e. The van der Waals surface area contributed by atoms with Crippen molar-refractivity contribution in [2.75, 3.05) is 0 Å². The number of hydrogen-bond donors (Lipinski definition) is 2. The molecule has 0 aliphatic rings. The number of hydrogen-bond acceptors (Lipinski definition) is 4. The predicted molar refractivity (Wildman–Crippen MR) is 141 cm³/mol. The van der Waals surface area contributed by atoms with Crippen molar-refractivity contribution >= 4 is 52.8 Å². The number of hydrazone groups is 1. The van der Waals surface area contributed by atoms with Crippen molar-refractivity contribution in [3.05, 3.63) is 98.5 Å². The molecule has 0 radical (unpaired) electrons. The van der Waals surface area contributed by atoms with Gasteiger partial charge in [-0.2, -0.15) is 5.10 Å². The third-order valence-electron chi connectivity index (χ3n) is 5.02. The van der Waals surface area contributed by atoms with Crippen molar-refractivity contribution in [2.24, 2.45) is 11.0 Å². The molecule has 0 aliphatic carbocycles. The first-order chi connectivity index (χ1) is 16.7. The van der Waals surface area contributed by atoms with Gasteiger partial charge in [0.05, 0.1) is 16.3 Å². The molecule has 35 heavy (non-hydrogen) atoms. The molecule has 9 heteroatoms. The Morgan fingerprint density at radius 2 is 1.69 bits per heavy atom. The maximum Gasteiger partial charge on any atom is 0.262 e. The van der Waals surface area contributed by atoms with Crippen molar-refractivity contribution in [1.29, 1.82) is 0 Å². The van der Waals surface area contributed by atoms with Crippen molar-refractivity contribution in [3.63, 3.8) is 0 Å². The molecular weight excluding hydrogens is 509 g/mol. The summed E-state index contributed by atoms with van der Waals surface area (Å²) in [5.41, 5.74) is 4.44. The lowest BCUT2D eigenvalue weighted by molar-refractivity contribution is -0.123. The minimum atomic E-state index is -0.814. The highest BCUT2D eigenvalue weighted by molar-refractivity contribution is 6.42. The Hall–Kier alpha value is -3.06. The van der Waals surface area contributed by atoms with Gasteiger partial charge in [-0.25, -0.2) is 5.43 Å². The molecule has 3 rings (SSSR count). The van der Waals surface area contributed by atoms with Gasteiger partial charge in [0, 0.05) is 16.1 Å². The summed E-state index contributed by atoms with van der Waals surface area (Å²) in [6.45, 7) is 4.00. The predicted octanol–water partition coefficient (Wildman–Crippen LogP) is 6.13. The van der Waals surface area contributed by atoms with Gasteiger partial charge in [0.15, 0.2) is 0 Å². The molecule has 3 aromatic carbocycles.